The molecule has 0 saturated carbocycles. The van der Waals surface area contributed by atoms with Crippen molar-refractivity contribution in [1.82, 2.24) is 15.2 Å². The van der Waals surface area contributed by atoms with E-state index in [0.29, 0.717) is 18.8 Å². The van der Waals surface area contributed by atoms with Gasteiger partial charge >= 0.3 is 0 Å². The third-order valence-electron chi connectivity index (χ3n) is 5.41. The number of hydrogen-bond donors (Lipinski definition) is 1. The van der Waals surface area contributed by atoms with Crippen LogP contribution in [0.4, 0.5) is 10.2 Å². The third-order valence-corrected chi connectivity index (χ3v) is 5.41. The highest BCUT2D eigenvalue weighted by Gasteiger charge is 2.27. The molecular weight excluding hydrogens is 371 g/mol. The molecule has 2 fully saturated rings. The molecule has 7 heteroatoms. The molecule has 0 radical (unpaired) electrons. The number of nitrogens with zero attached hydrogens (tertiary/aromatic N) is 3. The predicted molar refractivity (Wildman–Crippen MR) is 110 cm³/mol. The minimum absolute atomic E-state index is 0.0957. The second-order valence-electron chi connectivity index (χ2n) is 7.54. The number of pyridine rings is 1. The Balaban J connectivity index is 1.43. The zero-order chi connectivity index (χ0) is 20.1. The van der Waals surface area contributed by atoms with E-state index in [9.17, 15) is 9.18 Å². The summed E-state index contributed by atoms with van der Waals surface area (Å²) in [5, 5.41) is 3.38. The van der Waals surface area contributed by atoms with Crippen LogP contribution in [0.25, 0.3) is 0 Å². The summed E-state index contributed by atoms with van der Waals surface area (Å²) in [7, 11) is 0. The van der Waals surface area contributed by atoms with Gasteiger partial charge in [-0.25, -0.2) is 9.37 Å². The Morgan fingerprint density at radius 2 is 1.97 bits per heavy atom. The average Bonchev–Trinajstić information content (AvgIpc) is 3.05. The fourth-order valence-electron chi connectivity index (χ4n) is 3.89. The second-order valence-corrected chi connectivity index (χ2v) is 7.54. The number of aromatic nitrogens is 1. The van der Waals surface area contributed by atoms with Crippen molar-refractivity contribution in [2.45, 2.75) is 25.4 Å². The van der Waals surface area contributed by atoms with Crippen LogP contribution in [0, 0.1) is 5.82 Å². The fraction of sp³-hybridized carbons (Fsp3) is 0.455. The Bertz CT molecular complexity index is 839. The molecule has 2 saturated heterocycles. The number of carbonyl (C=O) groups is 1. The molecule has 1 atom stereocenters. The number of likely N-dealkylation sites (tertiary alicyclic amines) is 1. The van der Waals surface area contributed by atoms with Gasteiger partial charge in [0.1, 0.15) is 17.6 Å². The van der Waals surface area contributed by atoms with Crippen LogP contribution in [0.1, 0.15) is 29.8 Å². The molecule has 0 bridgehead atoms. The first-order valence-electron chi connectivity index (χ1n) is 10.3. The summed E-state index contributed by atoms with van der Waals surface area (Å²) in [6.07, 6.45) is 2.46. The van der Waals surface area contributed by atoms with Crippen molar-refractivity contribution >= 4 is 11.7 Å². The predicted octanol–water partition coefficient (Wildman–Crippen LogP) is 2.70. The first-order chi connectivity index (χ1) is 14.2. The van der Waals surface area contributed by atoms with E-state index in [0.717, 1.165) is 51.3 Å². The molecule has 0 unspecified atom stereocenters. The Morgan fingerprint density at radius 3 is 2.86 bits per heavy atom. The largest absolute Gasteiger partial charge is 0.486 e. The highest BCUT2D eigenvalue weighted by atomic mass is 19.1. The van der Waals surface area contributed by atoms with Gasteiger partial charge in [-0.2, -0.15) is 0 Å². The van der Waals surface area contributed by atoms with Crippen molar-refractivity contribution in [3.8, 4) is 5.75 Å². The molecule has 2 aromatic rings. The number of piperidine rings is 1. The summed E-state index contributed by atoms with van der Waals surface area (Å²) in [5.41, 5.74) is 0.450. The maximum atomic E-state index is 13.9. The number of halogens is 1. The van der Waals surface area contributed by atoms with Crippen molar-refractivity contribution in [1.29, 1.82) is 0 Å². The first kappa shape index (κ1) is 19.6. The average molecular weight is 398 g/mol. The molecule has 1 aromatic heterocycles. The van der Waals surface area contributed by atoms with Crippen molar-refractivity contribution < 1.29 is 13.9 Å². The quantitative estimate of drug-likeness (QED) is 0.858. The van der Waals surface area contributed by atoms with Crippen LogP contribution >= 0.6 is 0 Å². The molecular formula is C22H27FN4O2. The van der Waals surface area contributed by atoms with Crippen LogP contribution < -0.4 is 15.0 Å². The van der Waals surface area contributed by atoms with Crippen molar-refractivity contribution in [2.75, 3.05) is 44.2 Å². The molecule has 2 aliphatic heterocycles. The lowest BCUT2D eigenvalue weighted by Crippen LogP contribution is -2.44. The Labute approximate surface area is 170 Å². The smallest absolute Gasteiger partial charge is 0.272 e. The summed E-state index contributed by atoms with van der Waals surface area (Å²) in [5.74, 6) is 0.608. The van der Waals surface area contributed by atoms with E-state index in [1.165, 1.54) is 6.07 Å². The summed E-state index contributed by atoms with van der Waals surface area (Å²) in [4.78, 5) is 21.7. The van der Waals surface area contributed by atoms with Gasteiger partial charge in [-0.1, -0.05) is 18.2 Å². The first-order valence-corrected chi connectivity index (χ1v) is 10.3. The highest BCUT2D eigenvalue weighted by molar-refractivity contribution is 5.92. The van der Waals surface area contributed by atoms with E-state index in [4.69, 9.17) is 4.74 Å². The van der Waals surface area contributed by atoms with Gasteiger partial charge in [0.2, 0.25) is 0 Å². The van der Waals surface area contributed by atoms with E-state index < -0.39 is 0 Å². The van der Waals surface area contributed by atoms with Crippen LogP contribution in [-0.2, 0) is 0 Å². The van der Waals surface area contributed by atoms with Crippen LogP contribution in [0.5, 0.6) is 5.75 Å². The fourth-order valence-corrected chi connectivity index (χ4v) is 3.89. The monoisotopic (exact) mass is 398 g/mol. The Hall–Kier alpha value is -2.67. The van der Waals surface area contributed by atoms with Gasteiger partial charge in [-0.15, -0.1) is 0 Å². The second kappa shape index (κ2) is 9.22. The van der Waals surface area contributed by atoms with Gasteiger partial charge < -0.3 is 19.9 Å². The number of ether oxygens (including phenoxy) is 1. The van der Waals surface area contributed by atoms with E-state index in [1.807, 2.05) is 12.1 Å². The van der Waals surface area contributed by atoms with Gasteiger partial charge in [-0.05, 0) is 50.1 Å². The normalized spacial score (nSPS) is 20.2. The van der Waals surface area contributed by atoms with Gasteiger partial charge in [0.25, 0.3) is 5.91 Å². The number of hydrogen-bond acceptors (Lipinski definition) is 5. The topological polar surface area (TPSA) is 57.7 Å². The minimum atomic E-state index is -0.378. The molecule has 0 spiro atoms. The number of rotatable bonds is 4. The summed E-state index contributed by atoms with van der Waals surface area (Å²) in [6.45, 7) is 4.84. The van der Waals surface area contributed by atoms with Crippen LogP contribution in [0.15, 0.2) is 42.5 Å². The number of amides is 1. The van der Waals surface area contributed by atoms with E-state index in [1.54, 1.807) is 29.2 Å². The van der Waals surface area contributed by atoms with Gasteiger partial charge in [0.15, 0.2) is 11.6 Å². The van der Waals surface area contributed by atoms with E-state index in [-0.39, 0.29) is 23.6 Å². The molecule has 1 aromatic carbocycles. The molecule has 6 nitrogen and oxygen atoms in total. The van der Waals surface area contributed by atoms with Gasteiger partial charge in [0, 0.05) is 26.2 Å². The zero-order valence-corrected chi connectivity index (χ0v) is 16.5. The zero-order valence-electron chi connectivity index (χ0n) is 16.5. The standard InChI is InChI=1S/C22H27FN4O2/c23-18-7-1-2-9-20(18)29-17-6-4-13-27(16-17)22(28)19-8-3-10-21(25-19)26-14-5-11-24-12-15-26/h1-3,7-10,17,24H,4-6,11-16H2/t17-/m0/s1. The van der Waals surface area contributed by atoms with Gasteiger partial charge in [0.05, 0.1) is 6.54 Å². The number of nitrogens with one attached hydrogen (secondary N) is 1. The van der Waals surface area contributed by atoms with Crippen molar-refractivity contribution in [3.05, 3.63) is 54.0 Å². The molecule has 1 N–H and O–H groups in total. The molecule has 2 aliphatic rings. The number of anilines is 1. The molecule has 154 valence electrons. The minimum Gasteiger partial charge on any atom is -0.486 e. The maximum Gasteiger partial charge on any atom is 0.272 e. The molecule has 4 rings (SSSR count). The van der Waals surface area contributed by atoms with E-state index >= 15 is 0 Å². The third kappa shape index (κ3) is 4.85. The summed E-state index contributed by atoms with van der Waals surface area (Å²) in [6, 6.07) is 12.0. The lowest BCUT2D eigenvalue weighted by atomic mass is 10.1. The van der Waals surface area contributed by atoms with Crippen molar-refractivity contribution in [2.24, 2.45) is 0 Å². The van der Waals surface area contributed by atoms with E-state index in [2.05, 4.69) is 15.2 Å². The molecule has 29 heavy (non-hydrogen) atoms. The van der Waals surface area contributed by atoms with Crippen LogP contribution in [0.2, 0.25) is 0 Å². The number of carbonyl (C=O) groups excluding carboxylic acids is 1. The van der Waals surface area contributed by atoms with Crippen LogP contribution in [-0.4, -0.2) is 61.2 Å². The summed E-state index contributed by atoms with van der Waals surface area (Å²) < 4.78 is 19.7. The van der Waals surface area contributed by atoms with Crippen molar-refractivity contribution in [3.63, 3.8) is 0 Å². The van der Waals surface area contributed by atoms with Crippen LogP contribution in [0.3, 0.4) is 0 Å². The lowest BCUT2D eigenvalue weighted by molar-refractivity contribution is 0.0524. The SMILES string of the molecule is O=C(c1cccc(N2CCCNCC2)n1)N1CCC[C@H](Oc2ccccc2F)C1. The Morgan fingerprint density at radius 1 is 1.07 bits per heavy atom. The summed E-state index contributed by atoms with van der Waals surface area (Å²) >= 11 is 0. The highest BCUT2D eigenvalue weighted by Crippen LogP contribution is 2.22. The molecule has 0 aliphatic carbocycles. The number of benzene rings is 1. The molecule has 1 amide bonds. The maximum absolute atomic E-state index is 13.9. The Kier molecular flexibility index (Phi) is 6.24. The molecule has 3 heterocycles. The number of para-hydroxylation sites is 1. The van der Waals surface area contributed by atoms with Gasteiger partial charge in [-0.3, -0.25) is 4.79 Å². The lowest BCUT2D eigenvalue weighted by Gasteiger charge is -2.33.